The lowest BCUT2D eigenvalue weighted by Crippen LogP contribution is -2.31. The van der Waals surface area contributed by atoms with Crippen molar-refractivity contribution in [1.82, 2.24) is 0 Å². The third kappa shape index (κ3) is 2.99. The standard InChI is InChI=1S/C8H6Cl2N4O2/c1-7(3-11,5(9)15)13-14-8(2,4-12)6(10)16/h1-2H3. The minimum Gasteiger partial charge on any atom is -0.277 e. The molecule has 0 aromatic heterocycles. The fourth-order valence-electron chi connectivity index (χ4n) is 0.411. The summed E-state index contributed by atoms with van der Waals surface area (Å²) < 4.78 is 0. The quantitative estimate of drug-likeness (QED) is 0.564. The van der Waals surface area contributed by atoms with Crippen LogP contribution in [0.15, 0.2) is 10.2 Å². The summed E-state index contributed by atoms with van der Waals surface area (Å²) in [5.41, 5.74) is -3.88. The Morgan fingerprint density at radius 1 is 1.00 bits per heavy atom. The van der Waals surface area contributed by atoms with Crippen LogP contribution < -0.4 is 0 Å². The molecule has 0 radical (unpaired) electrons. The Balaban J connectivity index is 5.28. The van der Waals surface area contributed by atoms with Gasteiger partial charge in [-0.3, -0.25) is 9.59 Å². The van der Waals surface area contributed by atoms with Crippen molar-refractivity contribution in [3.8, 4) is 12.1 Å². The zero-order valence-corrected chi connectivity index (χ0v) is 9.87. The predicted octanol–water partition coefficient (Wildman–Crippen LogP) is 1.53. The van der Waals surface area contributed by atoms with E-state index in [2.05, 4.69) is 10.2 Å². The van der Waals surface area contributed by atoms with Gasteiger partial charge in [-0.25, -0.2) is 0 Å². The van der Waals surface area contributed by atoms with E-state index in [0.717, 1.165) is 13.8 Å². The van der Waals surface area contributed by atoms with Crippen LogP contribution in [0.4, 0.5) is 0 Å². The summed E-state index contributed by atoms with van der Waals surface area (Å²) >= 11 is 10.2. The topological polar surface area (TPSA) is 106 Å². The molecule has 0 rings (SSSR count). The van der Waals surface area contributed by atoms with Crippen molar-refractivity contribution in [1.29, 1.82) is 10.5 Å². The zero-order valence-electron chi connectivity index (χ0n) is 8.36. The predicted molar refractivity (Wildman–Crippen MR) is 54.6 cm³/mol. The van der Waals surface area contributed by atoms with Gasteiger partial charge in [0.15, 0.2) is 0 Å². The Bertz CT molecular complexity index is 396. The molecule has 16 heavy (non-hydrogen) atoms. The minimum atomic E-state index is -1.94. The number of nitrogens with zero attached hydrogens (tertiary/aromatic N) is 4. The van der Waals surface area contributed by atoms with Crippen molar-refractivity contribution in [2.75, 3.05) is 0 Å². The maximum Gasteiger partial charge on any atom is 0.265 e. The average molecular weight is 261 g/mol. The summed E-state index contributed by atoms with van der Waals surface area (Å²) in [6, 6.07) is 3.02. The van der Waals surface area contributed by atoms with E-state index in [1.165, 1.54) is 12.1 Å². The molecule has 8 heteroatoms. The second kappa shape index (κ2) is 5.02. The summed E-state index contributed by atoms with van der Waals surface area (Å²) in [7, 11) is 0. The van der Waals surface area contributed by atoms with Gasteiger partial charge in [-0.1, -0.05) is 0 Å². The highest BCUT2D eigenvalue weighted by Crippen LogP contribution is 2.19. The second-order valence-electron chi connectivity index (χ2n) is 3.12. The lowest BCUT2D eigenvalue weighted by Gasteiger charge is -2.13. The molecule has 0 bridgehead atoms. The molecule has 0 aliphatic carbocycles. The SMILES string of the molecule is CC(C#N)(N=NC(C)(C#N)C(=O)Cl)C(=O)Cl. The molecule has 0 aromatic carbocycles. The molecule has 0 aromatic rings. The molecular formula is C8H6Cl2N4O2. The number of halogens is 2. The van der Waals surface area contributed by atoms with Crippen LogP contribution in [0.2, 0.25) is 0 Å². The largest absolute Gasteiger partial charge is 0.277 e. The molecule has 0 aliphatic heterocycles. The lowest BCUT2D eigenvalue weighted by molar-refractivity contribution is -0.116. The third-order valence-corrected chi connectivity index (χ3v) is 2.39. The van der Waals surface area contributed by atoms with Gasteiger partial charge in [0.05, 0.1) is 0 Å². The third-order valence-electron chi connectivity index (χ3n) is 1.65. The first-order chi connectivity index (χ1) is 7.22. The van der Waals surface area contributed by atoms with E-state index in [9.17, 15) is 9.59 Å². The molecule has 6 nitrogen and oxygen atoms in total. The van der Waals surface area contributed by atoms with E-state index in [-0.39, 0.29) is 0 Å². The van der Waals surface area contributed by atoms with Gasteiger partial charge in [-0.2, -0.15) is 20.8 Å². The number of azo groups is 1. The van der Waals surface area contributed by atoms with Crippen LogP contribution in [0, 0.1) is 22.7 Å². The van der Waals surface area contributed by atoms with E-state index in [1.807, 2.05) is 0 Å². The normalized spacial score (nSPS) is 17.9. The first kappa shape index (κ1) is 14.5. The highest BCUT2D eigenvalue weighted by atomic mass is 35.5. The Labute approximate surface area is 101 Å². The van der Waals surface area contributed by atoms with Crippen molar-refractivity contribution >= 4 is 33.7 Å². The maximum absolute atomic E-state index is 10.9. The van der Waals surface area contributed by atoms with Crippen LogP contribution in [0.25, 0.3) is 0 Å². The highest BCUT2D eigenvalue weighted by molar-refractivity contribution is 6.66. The number of carbonyl (C=O) groups is 2. The highest BCUT2D eigenvalue weighted by Gasteiger charge is 2.36. The van der Waals surface area contributed by atoms with Crippen molar-refractivity contribution in [2.45, 2.75) is 24.9 Å². The maximum atomic E-state index is 10.9. The number of rotatable bonds is 4. The summed E-state index contributed by atoms with van der Waals surface area (Å²) in [5, 5.41) is 21.8. The van der Waals surface area contributed by atoms with Gasteiger partial charge in [-0.15, -0.1) is 0 Å². The molecule has 0 spiro atoms. The van der Waals surface area contributed by atoms with Crippen LogP contribution in [0.3, 0.4) is 0 Å². The van der Waals surface area contributed by atoms with Crippen molar-refractivity contribution in [3.63, 3.8) is 0 Å². The van der Waals surface area contributed by atoms with Crippen molar-refractivity contribution < 1.29 is 9.59 Å². The fraction of sp³-hybridized carbons (Fsp3) is 0.500. The van der Waals surface area contributed by atoms with Crippen LogP contribution in [-0.4, -0.2) is 21.6 Å². The molecule has 0 heterocycles. The molecule has 2 atom stereocenters. The lowest BCUT2D eigenvalue weighted by atomic mass is 10.1. The smallest absolute Gasteiger partial charge is 0.265 e. The van der Waals surface area contributed by atoms with E-state index >= 15 is 0 Å². The first-order valence-corrected chi connectivity index (χ1v) is 4.64. The Morgan fingerprint density at radius 2 is 1.25 bits per heavy atom. The molecule has 84 valence electrons. The van der Waals surface area contributed by atoms with E-state index in [1.54, 1.807) is 0 Å². The Morgan fingerprint density at radius 3 is 1.38 bits per heavy atom. The summed E-state index contributed by atoms with van der Waals surface area (Å²) in [5.74, 6) is 0. The molecular weight excluding hydrogens is 255 g/mol. The van der Waals surface area contributed by atoms with Gasteiger partial charge < -0.3 is 0 Å². The average Bonchev–Trinajstić information content (AvgIpc) is 2.24. The van der Waals surface area contributed by atoms with Gasteiger partial charge >= 0.3 is 0 Å². The second-order valence-corrected chi connectivity index (χ2v) is 3.80. The van der Waals surface area contributed by atoms with Crippen LogP contribution >= 0.6 is 23.2 Å². The van der Waals surface area contributed by atoms with Crippen LogP contribution in [-0.2, 0) is 9.59 Å². The molecule has 0 saturated carbocycles. The number of nitriles is 2. The molecule has 2 unspecified atom stereocenters. The van der Waals surface area contributed by atoms with Gasteiger partial charge in [-0.05, 0) is 37.0 Å². The van der Waals surface area contributed by atoms with Gasteiger partial charge in [0.25, 0.3) is 10.5 Å². The monoisotopic (exact) mass is 260 g/mol. The van der Waals surface area contributed by atoms with Crippen molar-refractivity contribution in [3.05, 3.63) is 0 Å². The summed E-state index contributed by atoms with van der Waals surface area (Å²) in [6.07, 6.45) is 0. The zero-order chi connectivity index (χ0) is 13.0. The van der Waals surface area contributed by atoms with Gasteiger partial charge in [0.1, 0.15) is 12.1 Å². The summed E-state index contributed by atoms with van der Waals surface area (Å²) in [4.78, 5) is 21.7. The number of hydrogen-bond donors (Lipinski definition) is 0. The molecule has 0 saturated heterocycles. The van der Waals surface area contributed by atoms with Crippen LogP contribution in [0.5, 0.6) is 0 Å². The van der Waals surface area contributed by atoms with E-state index in [4.69, 9.17) is 33.7 Å². The fourth-order valence-corrected chi connectivity index (χ4v) is 0.571. The molecule has 0 N–H and O–H groups in total. The van der Waals surface area contributed by atoms with E-state index in [0.29, 0.717) is 0 Å². The minimum absolute atomic E-state index is 1.07. The Kier molecular flexibility index (Phi) is 4.55. The summed E-state index contributed by atoms with van der Waals surface area (Å²) in [6.45, 7) is 2.20. The van der Waals surface area contributed by atoms with Gasteiger partial charge in [0, 0.05) is 0 Å². The van der Waals surface area contributed by atoms with Gasteiger partial charge in [0.2, 0.25) is 11.1 Å². The molecule has 0 fully saturated rings. The van der Waals surface area contributed by atoms with Crippen molar-refractivity contribution in [2.24, 2.45) is 10.2 Å². The molecule has 0 aliphatic rings. The number of carbonyl (C=O) groups excluding carboxylic acids is 2. The number of hydrogen-bond acceptors (Lipinski definition) is 6. The molecule has 0 amide bonds. The Hall–Kier alpha value is -1.50. The first-order valence-electron chi connectivity index (χ1n) is 3.88. The van der Waals surface area contributed by atoms with E-state index < -0.39 is 21.6 Å². The van der Waals surface area contributed by atoms with Crippen LogP contribution in [0.1, 0.15) is 13.8 Å².